The summed E-state index contributed by atoms with van der Waals surface area (Å²) in [6.07, 6.45) is 17.7. The van der Waals surface area contributed by atoms with Gasteiger partial charge in [-0.05, 0) is 221 Å². The zero-order valence-electron chi connectivity index (χ0n) is 56.1. The quantitative estimate of drug-likeness (QED) is 0.0456. The molecule has 0 atom stereocenters. The fourth-order valence-electron chi connectivity index (χ4n) is 16.8. The summed E-state index contributed by atoms with van der Waals surface area (Å²) in [4.78, 5) is 0. The Morgan fingerprint density at radius 3 is 0.594 bits per heavy atom. The highest BCUT2D eigenvalue weighted by atomic mass is 16.5. The number of hydrogen-bond donors (Lipinski definition) is 8. The lowest BCUT2D eigenvalue weighted by Crippen LogP contribution is -2.26. The van der Waals surface area contributed by atoms with Gasteiger partial charge in [0, 0.05) is 92.4 Å². The summed E-state index contributed by atoms with van der Waals surface area (Å²) in [5.74, 6) is 0.272. The molecule has 8 aromatic rings. The van der Waals surface area contributed by atoms with Crippen molar-refractivity contribution in [1.82, 2.24) is 0 Å². The lowest BCUT2D eigenvalue weighted by atomic mass is 9.75. The van der Waals surface area contributed by atoms with Gasteiger partial charge in [0.05, 0.1) is 24.4 Å². The van der Waals surface area contributed by atoms with Gasteiger partial charge in [-0.2, -0.15) is 0 Å². The molecule has 0 unspecified atom stereocenters. The van der Waals surface area contributed by atoms with Crippen molar-refractivity contribution >= 4 is 0 Å². The van der Waals surface area contributed by atoms with Gasteiger partial charge in [-0.25, -0.2) is 0 Å². The van der Waals surface area contributed by atoms with E-state index in [1.807, 2.05) is 72.8 Å². The molecule has 4 fully saturated rings. The number of rotatable bonds is 16. The third-order valence-electron chi connectivity index (χ3n) is 22.7. The maximum Gasteiger partial charge on any atom is 0.127 e. The van der Waals surface area contributed by atoms with E-state index in [-0.39, 0.29) is 70.4 Å². The Labute approximate surface area is 566 Å². The molecule has 4 saturated carbocycles. The predicted molar refractivity (Wildman–Crippen MR) is 375 cm³/mol. The SMILES string of the molecule is CCC1CCC(Oc2cc(O)c3cc2C(c2ccc(O)cc2)c2cc(c(O)cc2OC2CCC(CC)CC2)C(c2ccc(O)cc2)c2cc(c(OC4CCC(CC)CC4)cc2O)C(c2ccc(O)cc2)c2cc(c(O)cc2OC2CCC(CC)CC2)C3c2ccc(O)cc2)CC1. The molecule has 8 N–H and O–H groups in total. The molecule has 13 rings (SSSR count). The molecule has 12 heteroatoms. The van der Waals surface area contributed by atoms with Gasteiger partial charge in [0.15, 0.2) is 0 Å². The van der Waals surface area contributed by atoms with Crippen molar-refractivity contribution in [2.24, 2.45) is 23.7 Å². The third kappa shape index (κ3) is 14.1. The molecule has 0 radical (unpaired) electrons. The van der Waals surface area contributed by atoms with Crippen LogP contribution in [0, 0.1) is 23.7 Å². The van der Waals surface area contributed by atoms with E-state index in [0.29, 0.717) is 102 Å². The van der Waals surface area contributed by atoms with E-state index >= 15 is 0 Å². The first-order valence-electron chi connectivity index (χ1n) is 35.9. The Hall–Kier alpha value is -8.64. The lowest BCUT2D eigenvalue weighted by Gasteiger charge is -2.34. The standard InChI is InChI=1S/C84H96O12/c1-5-49-9-33-61(34-10-49)93-77-45-73(89)65-41-69(77)83(55-21-29-59(87)30-22-55)70-42-66(74(90)46-78(70)94-62-35-11-50(6-2)12-36-62)82(54-19-27-58(86)28-20-54)68-44-72(80(48-76(68)92)96-64-39-15-52(8-4)16-40-64)84(56-23-31-60(88)32-24-56)71-43-67(81(65)53-17-25-57(85)26-18-53)75(91)47-79(71)95-63-37-13-51(7-3)14-38-63/h17-32,41-52,61-64,81-92H,5-16,33-40H2,1-4H3. The number of fused-ring (bicyclic) bond motifs is 8. The molecule has 504 valence electrons. The molecule has 0 heterocycles. The fourth-order valence-corrected chi connectivity index (χ4v) is 16.8. The number of ether oxygens (including phenoxy) is 4. The van der Waals surface area contributed by atoms with Gasteiger partial charge < -0.3 is 59.8 Å². The molecular formula is C84H96O12. The largest absolute Gasteiger partial charge is 0.508 e. The first kappa shape index (κ1) is 66.0. The highest BCUT2D eigenvalue weighted by Gasteiger charge is 2.39. The molecule has 96 heavy (non-hydrogen) atoms. The van der Waals surface area contributed by atoms with E-state index < -0.39 is 23.7 Å². The first-order valence-corrected chi connectivity index (χ1v) is 35.9. The molecule has 8 aromatic carbocycles. The van der Waals surface area contributed by atoms with Crippen molar-refractivity contribution in [3.8, 4) is 69.0 Å². The number of hydrogen-bond acceptors (Lipinski definition) is 12. The van der Waals surface area contributed by atoms with Crippen LogP contribution in [0.15, 0.2) is 146 Å². The van der Waals surface area contributed by atoms with Crippen molar-refractivity contribution in [3.63, 3.8) is 0 Å². The normalized spacial score (nSPS) is 25.1. The number of benzene rings is 8. The van der Waals surface area contributed by atoms with Crippen LogP contribution in [0.4, 0.5) is 0 Å². The minimum absolute atomic E-state index is 0.0351. The van der Waals surface area contributed by atoms with E-state index in [1.54, 1.807) is 72.8 Å². The minimum Gasteiger partial charge on any atom is -0.508 e. The van der Waals surface area contributed by atoms with Crippen LogP contribution in [0.1, 0.15) is 247 Å². The van der Waals surface area contributed by atoms with Crippen molar-refractivity contribution in [3.05, 3.63) is 212 Å². The number of aromatic hydroxyl groups is 8. The first-order chi connectivity index (χ1) is 46.6. The highest BCUT2D eigenvalue weighted by Crippen LogP contribution is 2.56. The molecule has 0 amide bonds. The average molecular weight is 1300 g/mol. The third-order valence-corrected chi connectivity index (χ3v) is 22.7. The maximum atomic E-state index is 13.3. The van der Waals surface area contributed by atoms with Crippen LogP contribution in [-0.2, 0) is 0 Å². The van der Waals surface area contributed by atoms with Crippen LogP contribution in [0.25, 0.3) is 0 Å². The molecule has 12 nitrogen and oxygen atoms in total. The lowest BCUT2D eigenvalue weighted by molar-refractivity contribution is 0.126. The van der Waals surface area contributed by atoms with E-state index in [2.05, 4.69) is 27.7 Å². The van der Waals surface area contributed by atoms with E-state index in [4.69, 9.17) is 18.9 Å². The Morgan fingerprint density at radius 2 is 0.417 bits per heavy atom. The molecule has 0 aromatic heterocycles. The fraction of sp³-hybridized carbons (Fsp3) is 0.429. The highest BCUT2D eigenvalue weighted by molar-refractivity contribution is 5.68. The molecular weight excluding hydrogens is 1200 g/mol. The van der Waals surface area contributed by atoms with Crippen molar-refractivity contribution < 1.29 is 59.8 Å². The molecule has 0 spiro atoms. The maximum absolute atomic E-state index is 13.3. The summed E-state index contributed by atoms with van der Waals surface area (Å²) in [6, 6.07) is 42.8. The van der Waals surface area contributed by atoms with Gasteiger partial charge in [-0.3, -0.25) is 0 Å². The van der Waals surface area contributed by atoms with Gasteiger partial charge >= 0.3 is 0 Å². The summed E-state index contributed by atoms with van der Waals surface area (Å²) >= 11 is 0. The van der Waals surface area contributed by atoms with Gasteiger partial charge in [0.2, 0.25) is 0 Å². The van der Waals surface area contributed by atoms with Crippen molar-refractivity contribution in [2.45, 2.75) is 204 Å². The molecule has 0 aliphatic heterocycles. The smallest absolute Gasteiger partial charge is 0.127 e. The summed E-state index contributed by atoms with van der Waals surface area (Å²) in [5, 5.41) is 97.8. The van der Waals surface area contributed by atoms with Crippen LogP contribution in [0.3, 0.4) is 0 Å². The van der Waals surface area contributed by atoms with Gasteiger partial charge in [-0.1, -0.05) is 102 Å². The van der Waals surface area contributed by atoms with E-state index in [1.165, 1.54) is 0 Å². The van der Waals surface area contributed by atoms with Crippen LogP contribution >= 0.6 is 0 Å². The minimum atomic E-state index is -0.946. The average Bonchev–Trinajstić information content (AvgIpc) is 0.740. The Balaban J connectivity index is 1.17. The second kappa shape index (κ2) is 29.0. The van der Waals surface area contributed by atoms with E-state index in [9.17, 15) is 40.9 Å². The Bertz CT molecular complexity index is 3520. The van der Waals surface area contributed by atoms with Gasteiger partial charge in [0.25, 0.3) is 0 Å². The van der Waals surface area contributed by atoms with Crippen molar-refractivity contribution in [1.29, 1.82) is 0 Å². The topological polar surface area (TPSA) is 199 Å². The van der Waals surface area contributed by atoms with E-state index in [0.717, 1.165) is 140 Å². The molecule has 8 bridgehead atoms. The summed E-state index contributed by atoms with van der Waals surface area (Å²) in [5.41, 5.74) is 7.00. The van der Waals surface area contributed by atoms with Crippen LogP contribution in [0.5, 0.6) is 69.0 Å². The Kier molecular flexibility index (Phi) is 19.9. The number of phenols is 8. The Morgan fingerprint density at radius 1 is 0.240 bits per heavy atom. The zero-order chi connectivity index (χ0) is 66.7. The zero-order valence-corrected chi connectivity index (χ0v) is 56.1. The molecule has 0 saturated heterocycles. The molecule has 5 aliphatic rings. The van der Waals surface area contributed by atoms with Crippen LogP contribution in [0.2, 0.25) is 0 Å². The van der Waals surface area contributed by atoms with Gasteiger partial charge in [0.1, 0.15) is 69.0 Å². The van der Waals surface area contributed by atoms with Gasteiger partial charge in [-0.15, -0.1) is 0 Å². The van der Waals surface area contributed by atoms with Crippen molar-refractivity contribution in [2.75, 3.05) is 0 Å². The second-order valence-electron chi connectivity index (χ2n) is 28.6. The van der Waals surface area contributed by atoms with Crippen LogP contribution in [-0.4, -0.2) is 65.3 Å². The molecule has 5 aliphatic carbocycles. The summed E-state index contributed by atoms with van der Waals surface area (Å²) in [6.45, 7) is 8.94. The summed E-state index contributed by atoms with van der Waals surface area (Å²) in [7, 11) is 0. The van der Waals surface area contributed by atoms with Crippen LogP contribution < -0.4 is 18.9 Å². The number of phenolic OH excluding ortho intramolecular Hbond substituents is 8. The summed E-state index contributed by atoms with van der Waals surface area (Å²) < 4.78 is 29.5. The second-order valence-corrected chi connectivity index (χ2v) is 28.6. The predicted octanol–water partition coefficient (Wildman–Crippen LogP) is 19.8. The monoisotopic (exact) mass is 1300 g/mol.